The Morgan fingerprint density at radius 3 is 2.79 bits per heavy atom. The van der Waals surface area contributed by atoms with E-state index in [2.05, 4.69) is 6.92 Å². The molecule has 19 heavy (non-hydrogen) atoms. The fourth-order valence-electron chi connectivity index (χ4n) is 1.69. The Bertz CT molecular complexity index is 438. The summed E-state index contributed by atoms with van der Waals surface area (Å²) in [6, 6.07) is 5.43. The van der Waals surface area contributed by atoms with E-state index in [-0.39, 0.29) is 0 Å². The lowest BCUT2D eigenvalue weighted by Gasteiger charge is -2.12. The summed E-state index contributed by atoms with van der Waals surface area (Å²) in [4.78, 5) is 10.5. The van der Waals surface area contributed by atoms with E-state index < -0.39 is 5.97 Å². The molecule has 0 saturated carbocycles. The van der Waals surface area contributed by atoms with Gasteiger partial charge in [-0.15, -0.1) is 0 Å². The van der Waals surface area contributed by atoms with Gasteiger partial charge in [-0.25, -0.2) is 4.79 Å². The van der Waals surface area contributed by atoms with E-state index in [1.807, 2.05) is 12.1 Å². The minimum Gasteiger partial charge on any atom is -0.492 e. The standard InChI is InChI=1S/C15H20O4/c1-3-4-5-11-19-13-8-6-7-12(15(13)18-2)9-10-14(16)17/h6-10H,3-5,11H2,1-2H3,(H,16,17)/b10-9+. The molecule has 1 aromatic rings. The molecular weight excluding hydrogens is 244 g/mol. The highest BCUT2D eigenvalue weighted by Crippen LogP contribution is 2.32. The van der Waals surface area contributed by atoms with Gasteiger partial charge in [0.05, 0.1) is 13.7 Å². The smallest absolute Gasteiger partial charge is 0.328 e. The minimum atomic E-state index is -0.990. The zero-order valence-electron chi connectivity index (χ0n) is 11.4. The van der Waals surface area contributed by atoms with Crippen molar-refractivity contribution in [3.63, 3.8) is 0 Å². The fourth-order valence-corrected chi connectivity index (χ4v) is 1.69. The first kappa shape index (κ1) is 15.1. The van der Waals surface area contributed by atoms with Gasteiger partial charge in [0.25, 0.3) is 0 Å². The number of hydrogen-bond donors (Lipinski definition) is 1. The monoisotopic (exact) mass is 264 g/mol. The first-order chi connectivity index (χ1) is 9.19. The fraction of sp³-hybridized carbons (Fsp3) is 0.400. The number of benzene rings is 1. The SMILES string of the molecule is CCCCCOc1cccc(/C=C/C(=O)O)c1OC. The Balaban J connectivity index is 2.80. The van der Waals surface area contributed by atoms with Gasteiger partial charge in [-0.05, 0) is 18.6 Å². The van der Waals surface area contributed by atoms with Gasteiger partial charge in [-0.3, -0.25) is 0 Å². The summed E-state index contributed by atoms with van der Waals surface area (Å²) in [5, 5.41) is 8.65. The van der Waals surface area contributed by atoms with Gasteiger partial charge in [0.1, 0.15) is 0 Å². The van der Waals surface area contributed by atoms with E-state index >= 15 is 0 Å². The summed E-state index contributed by atoms with van der Waals surface area (Å²) in [5.74, 6) is 0.221. The van der Waals surface area contributed by atoms with Crippen LogP contribution in [-0.4, -0.2) is 24.8 Å². The van der Waals surface area contributed by atoms with Crippen molar-refractivity contribution >= 4 is 12.0 Å². The van der Waals surface area contributed by atoms with Crippen LogP contribution in [-0.2, 0) is 4.79 Å². The summed E-state index contributed by atoms with van der Waals surface area (Å²) in [6.07, 6.45) is 5.84. The highest BCUT2D eigenvalue weighted by Gasteiger charge is 2.08. The Kier molecular flexibility index (Phi) is 6.50. The molecule has 1 N–H and O–H groups in total. The number of para-hydroxylation sites is 1. The molecule has 0 bridgehead atoms. The number of carboxylic acid groups (broad SMARTS) is 1. The minimum absolute atomic E-state index is 0.566. The lowest BCUT2D eigenvalue weighted by atomic mass is 10.1. The van der Waals surface area contributed by atoms with Crippen LogP contribution >= 0.6 is 0 Å². The molecule has 0 unspecified atom stereocenters. The maximum atomic E-state index is 10.5. The van der Waals surface area contributed by atoms with Gasteiger partial charge in [0, 0.05) is 11.6 Å². The highest BCUT2D eigenvalue weighted by atomic mass is 16.5. The molecular formula is C15H20O4. The molecule has 0 aliphatic heterocycles. The number of carboxylic acids is 1. The molecule has 0 atom stereocenters. The number of methoxy groups -OCH3 is 1. The van der Waals surface area contributed by atoms with Crippen molar-refractivity contribution in [3.05, 3.63) is 29.8 Å². The Labute approximate surface area is 113 Å². The van der Waals surface area contributed by atoms with Crippen molar-refractivity contribution in [1.82, 2.24) is 0 Å². The van der Waals surface area contributed by atoms with Crippen LogP contribution in [0.15, 0.2) is 24.3 Å². The average molecular weight is 264 g/mol. The van der Waals surface area contributed by atoms with Gasteiger partial charge in [0.15, 0.2) is 11.5 Å². The summed E-state index contributed by atoms with van der Waals surface area (Å²) in [5.41, 5.74) is 0.692. The van der Waals surface area contributed by atoms with Gasteiger partial charge in [-0.2, -0.15) is 0 Å². The van der Waals surface area contributed by atoms with Crippen molar-refractivity contribution in [1.29, 1.82) is 0 Å². The van der Waals surface area contributed by atoms with Crippen molar-refractivity contribution in [2.75, 3.05) is 13.7 Å². The quantitative estimate of drug-likeness (QED) is 0.578. The van der Waals surface area contributed by atoms with Gasteiger partial charge in [0.2, 0.25) is 0 Å². The van der Waals surface area contributed by atoms with E-state index in [9.17, 15) is 4.79 Å². The van der Waals surface area contributed by atoms with Crippen LogP contribution < -0.4 is 9.47 Å². The molecule has 0 aromatic heterocycles. The molecule has 0 radical (unpaired) electrons. The molecule has 4 heteroatoms. The third-order valence-electron chi connectivity index (χ3n) is 2.62. The topological polar surface area (TPSA) is 55.8 Å². The van der Waals surface area contributed by atoms with Crippen LogP contribution in [0, 0.1) is 0 Å². The van der Waals surface area contributed by atoms with Crippen LogP contribution in [0.3, 0.4) is 0 Å². The maximum Gasteiger partial charge on any atom is 0.328 e. The second-order valence-electron chi connectivity index (χ2n) is 4.11. The summed E-state index contributed by atoms with van der Waals surface area (Å²) in [7, 11) is 1.55. The highest BCUT2D eigenvalue weighted by molar-refractivity contribution is 5.86. The van der Waals surface area contributed by atoms with E-state index in [1.54, 1.807) is 13.2 Å². The number of unbranched alkanes of at least 4 members (excludes halogenated alkanes) is 2. The Morgan fingerprint density at radius 1 is 1.37 bits per heavy atom. The second kappa shape index (κ2) is 8.19. The zero-order valence-corrected chi connectivity index (χ0v) is 11.4. The molecule has 0 aliphatic rings. The van der Waals surface area contributed by atoms with Crippen LogP contribution in [0.2, 0.25) is 0 Å². The summed E-state index contributed by atoms with van der Waals surface area (Å²) >= 11 is 0. The third kappa shape index (κ3) is 5.04. The van der Waals surface area contributed by atoms with E-state index in [0.29, 0.717) is 23.7 Å². The van der Waals surface area contributed by atoms with Crippen LogP contribution in [0.25, 0.3) is 6.08 Å². The molecule has 0 fully saturated rings. The molecule has 0 saturated heterocycles. The number of hydrogen-bond acceptors (Lipinski definition) is 3. The first-order valence-electron chi connectivity index (χ1n) is 6.39. The maximum absolute atomic E-state index is 10.5. The first-order valence-corrected chi connectivity index (χ1v) is 6.39. The number of ether oxygens (including phenoxy) is 2. The van der Waals surface area contributed by atoms with Crippen molar-refractivity contribution in [2.24, 2.45) is 0 Å². The largest absolute Gasteiger partial charge is 0.492 e. The van der Waals surface area contributed by atoms with E-state index in [0.717, 1.165) is 25.3 Å². The predicted octanol–water partition coefficient (Wildman–Crippen LogP) is 3.36. The molecule has 4 nitrogen and oxygen atoms in total. The van der Waals surface area contributed by atoms with Crippen LogP contribution in [0.4, 0.5) is 0 Å². The summed E-state index contributed by atoms with van der Waals surface area (Å²) in [6.45, 7) is 2.77. The molecule has 0 aliphatic carbocycles. The third-order valence-corrected chi connectivity index (χ3v) is 2.62. The Hall–Kier alpha value is -1.97. The van der Waals surface area contributed by atoms with Crippen LogP contribution in [0.5, 0.6) is 11.5 Å². The van der Waals surface area contributed by atoms with Gasteiger partial charge >= 0.3 is 5.97 Å². The Morgan fingerprint density at radius 2 is 2.16 bits per heavy atom. The number of carbonyl (C=O) groups is 1. The van der Waals surface area contributed by atoms with Gasteiger partial charge in [-0.1, -0.05) is 31.9 Å². The molecule has 0 spiro atoms. The zero-order chi connectivity index (χ0) is 14.1. The lowest BCUT2D eigenvalue weighted by Crippen LogP contribution is -2.00. The molecule has 1 aromatic carbocycles. The molecule has 0 amide bonds. The molecule has 0 heterocycles. The number of rotatable bonds is 8. The average Bonchev–Trinajstić information content (AvgIpc) is 2.41. The van der Waals surface area contributed by atoms with Crippen molar-refractivity contribution in [3.8, 4) is 11.5 Å². The molecule has 1 rings (SSSR count). The second-order valence-corrected chi connectivity index (χ2v) is 4.11. The lowest BCUT2D eigenvalue weighted by molar-refractivity contribution is -0.131. The van der Waals surface area contributed by atoms with Crippen LogP contribution in [0.1, 0.15) is 31.7 Å². The van der Waals surface area contributed by atoms with Crippen molar-refractivity contribution < 1.29 is 19.4 Å². The predicted molar refractivity (Wildman–Crippen MR) is 74.7 cm³/mol. The van der Waals surface area contributed by atoms with Crippen molar-refractivity contribution in [2.45, 2.75) is 26.2 Å². The van der Waals surface area contributed by atoms with E-state index in [1.165, 1.54) is 6.08 Å². The number of aliphatic carboxylic acids is 1. The van der Waals surface area contributed by atoms with E-state index in [4.69, 9.17) is 14.6 Å². The normalized spacial score (nSPS) is 10.6. The van der Waals surface area contributed by atoms with Gasteiger partial charge < -0.3 is 14.6 Å². The molecule has 104 valence electrons. The summed E-state index contributed by atoms with van der Waals surface area (Å²) < 4.78 is 11.0.